The molecule has 0 bridgehead atoms. The quantitative estimate of drug-likeness (QED) is 0.719. The number of carbonyl (C=O) groups is 1. The molecule has 0 saturated heterocycles. The van der Waals surface area contributed by atoms with Crippen molar-refractivity contribution in [2.45, 2.75) is 13.0 Å². The highest BCUT2D eigenvalue weighted by atomic mass is 32.1. The fraction of sp³-hybridized carbons (Fsp3) is 0.286. The number of carbonyl (C=O) groups excluding carboxylic acids is 1. The van der Waals surface area contributed by atoms with Gasteiger partial charge in [0.2, 0.25) is 5.91 Å². The van der Waals surface area contributed by atoms with Crippen molar-refractivity contribution in [3.63, 3.8) is 0 Å². The number of primary amides is 1. The van der Waals surface area contributed by atoms with E-state index >= 15 is 0 Å². The average molecular weight is 307 g/mol. The number of amides is 1. The number of hydrogen-bond donors (Lipinski definition) is 3. The van der Waals surface area contributed by atoms with Gasteiger partial charge in [-0.25, -0.2) is 0 Å². The van der Waals surface area contributed by atoms with Crippen LogP contribution in [0.2, 0.25) is 0 Å². The van der Waals surface area contributed by atoms with Crippen LogP contribution in [0.1, 0.15) is 18.5 Å². The Morgan fingerprint density at radius 2 is 2.05 bits per heavy atom. The topological polar surface area (TPSA) is 85.6 Å². The van der Waals surface area contributed by atoms with E-state index in [1.807, 2.05) is 6.07 Å². The summed E-state index contributed by atoms with van der Waals surface area (Å²) in [6.07, 6.45) is 0. The molecule has 0 radical (unpaired) electrons. The van der Waals surface area contributed by atoms with Crippen molar-refractivity contribution in [1.82, 2.24) is 10.6 Å². The summed E-state index contributed by atoms with van der Waals surface area (Å²) in [6.45, 7) is 1.76. The first-order valence-corrected chi connectivity index (χ1v) is 6.68. The highest BCUT2D eigenvalue weighted by Crippen LogP contribution is 2.34. The zero-order valence-corrected chi connectivity index (χ0v) is 12.8. The van der Waals surface area contributed by atoms with Crippen LogP contribution in [0.3, 0.4) is 0 Å². The maximum Gasteiger partial charge on any atom is 0.248 e. The Bertz CT molecular complexity index is 628. The molecule has 1 aromatic rings. The van der Waals surface area contributed by atoms with Gasteiger partial charge in [-0.1, -0.05) is 0 Å². The highest BCUT2D eigenvalue weighted by molar-refractivity contribution is 7.80. The van der Waals surface area contributed by atoms with E-state index in [0.717, 1.165) is 5.56 Å². The molecule has 4 N–H and O–H groups in total. The molecule has 1 aliphatic rings. The molecule has 0 aliphatic carbocycles. The minimum Gasteiger partial charge on any atom is -0.497 e. The second-order valence-electron chi connectivity index (χ2n) is 4.54. The third kappa shape index (κ3) is 2.92. The number of benzene rings is 1. The van der Waals surface area contributed by atoms with Crippen LogP contribution in [0, 0.1) is 0 Å². The maximum absolute atomic E-state index is 11.8. The molecule has 1 atom stereocenters. The summed E-state index contributed by atoms with van der Waals surface area (Å²) < 4.78 is 10.6. The first-order chi connectivity index (χ1) is 9.97. The summed E-state index contributed by atoms with van der Waals surface area (Å²) in [6, 6.07) is 4.89. The summed E-state index contributed by atoms with van der Waals surface area (Å²) in [5.41, 5.74) is 7.31. The van der Waals surface area contributed by atoms with Crippen LogP contribution in [0.5, 0.6) is 11.5 Å². The number of ether oxygens (including phenoxy) is 2. The monoisotopic (exact) mass is 307 g/mol. The van der Waals surface area contributed by atoms with Gasteiger partial charge in [0.05, 0.1) is 25.8 Å². The molecule has 7 heteroatoms. The fourth-order valence-corrected chi connectivity index (χ4v) is 2.58. The van der Waals surface area contributed by atoms with Gasteiger partial charge in [0.15, 0.2) is 5.11 Å². The molecule has 0 fully saturated rings. The van der Waals surface area contributed by atoms with Crippen LogP contribution in [0.4, 0.5) is 0 Å². The van der Waals surface area contributed by atoms with E-state index in [2.05, 4.69) is 10.6 Å². The Labute approximate surface area is 128 Å². The van der Waals surface area contributed by atoms with E-state index in [4.69, 9.17) is 27.4 Å². The van der Waals surface area contributed by atoms with E-state index in [-0.39, 0.29) is 0 Å². The number of nitrogens with one attached hydrogen (secondary N) is 2. The predicted molar refractivity (Wildman–Crippen MR) is 83.1 cm³/mol. The van der Waals surface area contributed by atoms with Crippen molar-refractivity contribution < 1.29 is 14.3 Å². The number of methoxy groups -OCH3 is 2. The number of allylic oxidation sites excluding steroid dienone is 1. The molecular weight excluding hydrogens is 290 g/mol. The predicted octanol–water partition coefficient (Wildman–Crippen LogP) is 0.982. The van der Waals surface area contributed by atoms with E-state index in [1.54, 1.807) is 33.3 Å². The number of rotatable bonds is 4. The standard InChI is InChI=1S/C14H17N3O3S/c1-7-11(13(15)18)12(17-14(21)16-7)9-5-4-8(19-2)6-10(9)20-3/h4-6,12H,1-3H3,(H2,15,18)(H2,16,17,21)/t12-/m1/s1. The molecular formula is C14H17N3O3S. The Morgan fingerprint density at radius 1 is 1.33 bits per heavy atom. The highest BCUT2D eigenvalue weighted by Gasteiger charge is 2.30. The molecule has 1 aromatic carbocycles. The first kappa shape index (κ1) is 15.1. The lowest BCUT2D eigenvalue weighted by Gasteiger charge is -2.30. The largest absolute Gasteiger partial charge is 0.497 e. The van der Waals surface area contributed by atoms with Crippen LogP contribution in [-0.4, -0.2) is 25.2 Å². The second-order valence-corrected chi connectivity index (χ2v) is 4.95. The minimum atomic E-state index is -0.516. The molecule has 1 amide bonds. The van der Waals surface area contributed by atoms with Gasteiger partial charge in [-0.3, -0.25) is 4.79 Å². The Hall–Kier alpha value is -2.28. The van der Waals surface area contributed by atoms with Crippen LogP contribution >= 0.6 is 12.2 Å². The molecule has 0 aromatic heterocycles. The fourth-order valence-electron chi connectivity index (χ4n) is 2.31. The lowest BCUT2D eigenvalue weighted by atomic mass is 9.94. The second kappa shape index (κ2) is 6.01. The Morgan fingerprint density at radius 3 is 2.62 bits per heavy atom. The molecule has 0 spiro atoms. The Balaban J connectivity index is 2.55. The molecule has 112 valence electrons. The Kier molecular flexibility index (Phi) is 4.32. The molecule has 21 heavy (non-hydrogen) atoms. The maximum atomic E-state index is 11.8. The molecule has 0 saturated carbocycles. The minimum absolute atomic E-state index is 0.423. The van der Waals surface area contributed by atoms with Crippen LogP contribution in [0.15, 0.2) is 29.5 Å². The van der Waals surface area contributed by atoms with Crippen molar-refractivity contribution >= 4 is 23.2 Å². The molecule has 2 rings (SSSR count). The van der Waals surface area contributed by atoms with Gasteiger partial charge in [0.25, 0.3) is 0 Å². The van der Waals surface area contributed by atoms with Crippen LogP contribution in [-0.2, 0) is 4.79 Å². The summed E-state index contributed by atoms with van der Waals surface area (Å²) in [5, 5.41) is 6.38. The zero-order valence-electron chi connectivity index (χ0n) is 12.0. The van der Waals surface area contributed by atoms with Crippen LogP contribution < -0.4 is 25.8 Å². The lowest BCUT2D eigenvalue weighted by Crippen LogP contribution is -2.46. The van der Waals surface area contributed by atoms with Gasteiger partial charge in [0.1, 0.15) is 11.5 Å². The number of hydrogen-bond acceptors (Lipinski definition) is 4. The van der Waals surface area contributed by atoms with Gasteiger partial charge >= 0.3 is 0 Å². The third-order valence-corrected chi connectivity index (χ3v) is 3.51. The van der Waals surface area contributed by atoms with Gasteiger partial charge in [-0.15, -0.1) is 0 Å². The average Bonchev–Trinajstić information content (AvgIpc) is 2.45. The van der Waals surface area contributed by atoms with Crippen molar-refractivity contribution in [3.8, 4) is 11.5 Å². The summed E-state index contributed by atoms with van der Waals surface area (Å²) in [4.78, 5) is 11.8. The van der Waals surface area contributed by atoms with Crippen LogP contribution in [0.25, 0.3) is 0 Å². The number of nitrogens with two attached hydrogens (primary N) is 1. The lowest BCUT2D eigenvalue weighted by molar-refractivity contribution is -0.115. The normalized spacial score (nSPS) is 17.9. The van der Waals surface area contributed by atoms with E-state index in [1.165, 1.54) is 0 Å². The van der Waals surface area contributed by atoms with Crippen molar-refractivity contribution in [2.24, 2.45) is 5.73 Å². The molecule has 1 aliphatic heterocycles. The van der Waals surface area contributed by atoms with Gasteiger partial charge in [-0.2, -0.15) is 0 Å². The smallest absolute Gasteiger partial charge is 0.248 e. The van der Waals surface area contributed by atoms with Crippen molar-refractivity contribution in [3.05, 3.63) is 35.0 Å². The molecule has 0 unspecified atom stereocenters. The zero-order chi connectivity index (χ0) is 15.6. The number of thiocarbonyl (C=S) groups is 1. The van der Waals surface area contributed by atoms with Gasteiger partial charge in [0, 0.05) is 17.3 Å². The van der Waals surface area contributed by atoms with E-state index in [0.29, 0.717) is 27.9 Å². The third-order valence-electron chi connectivity index (χ3n) is 3.29. The summed E-state index contributed by atoms with van der Waals surface area (Å²) in [5.74, 6) is 0.731. The van der Waals surface area contributed by atoms with Gasteiger partial charge < -0.3 is 25.8 Å². The van der Waals surface area contributed by atoms with Gasteiger partial charge in [-0.05, 0) is 31.3 Å². The molecule has 1 heterocycles. The van der Waals surface area contributed by atoms with Crippen molar-refractivity contribution in [2.75, 3.05) is 14.2 Å². The van der Waals surface area contributed by atoms with Crippen molar-refractivity contribution in [1.29, 1.82) is 0 Å². The first-order valence-electron chi connectivity index (χ1n) is 6.28. The summed E-state index contributed by atoms with van der Waals surface area (Å²) in [7, 11) is 3.13. The van der Waals surface area contributed by atoms with E-state index < -0.39 is 11.9 Å². The summed E-state index contributed by atoms with van der Waals surface area (Å²) >= 11 is 5.15. The SMILES string of the molecule is COc1ccc([C@H]2NC(=S)NC(C)=C2C(N)=O)c(OC)c1. The van der Waals surface area contributed by atoms with E-state index in [9.17, 15) is 4.79 Å². The molecule has 6 nitrogen and oxygen atoms in total.